The van der Waals surface area contributed by atoms with Crippen LogP contribution in [-0.2, 0) is 9.47 Å². The first-order chi connectivity index (χ1) is 27.3. The maximum absolute atomic E-state index is 13.0. The number of carbonyl (C=O) groups is 1. The maximum Gasteiger partial charge on any atom is 0.354 e. The van der Waals surface area contributed by atoms with Gasteiger partial charge in [-0.1, -0.05) is 0 Å². The van der Waals surface area contributed by atoms with Crippen LogP contribution in [0.4, 0.5) is 20.2 Å². The lowest BCUT2D eigenvalue weighted by atomic mass is 10.1. The van der Waals surface area contributed by atoms with Crippen LogP contribution < -0.4 is 19.3 Å². The van der Waals surface area contributed by atoms with E-state index in [4.69, 9.17) is 18.9 Å². The predicted octanol–water partition coefficient (Wildman–Crippen LogP) is 9.04. The van der Waals surface area contributed by atoms with E-state index in [-0.39, 0.29) is 17.3 Å². The van der Waals surface area contributed by atoms with Crippen molar-refractivity contribution < 1.29 is 37.6 Å². The molecule has 2 aliphatic rings. The number of nitrogens with zero attached hydrogens (tertiary/aromatic N) is 4. The Balaban J connectivity index is 0.000000172. The fourth-order valence-corrected chi connectivity index (χ4v) is 6.24. The zero-order valence-corrected chi connectivity index (χ0v) is 30.7. The number of anilines is 2. The van der Waals surface area contributed by atoms with Crippen LogP contribution >= 0.6 is 0 Å². The van der Waals surface area contributed by atoms with Crippen LogP contribution in [0.2, 0.25) is 0 Å². The summed E-state index contributed by atoms with van der Waals surface area (Å²) >= 11 is 0. The molecular formula is C44H40F2N4O6. The first-order valence-corrected chi connectivity index (χ1v) is 18.2. The van der Waals surface area contributed by atoms with E-state index in [0.717, 1.165) is 54.5 Å². The first kappa shape index (κ1) is 37.9. The Labute approximate surface area is 323 Å². The molecule has 8 rings (SSSR count). The molecule has 56 heavy (non-hydrogen) atoms. The molecule has 0 amide bonds. The van der Waals surface area contributed by atoms with Crippen molar-refractivity contribution in [3.63, 3.8) is 0 Å². The van der Waals surface area contributed by atoms with E-state index in [9.17, 15) is 18.7 Å². The largest absolute Gasteiger partial charge is 0.477 e. The summed E-state index contributed by atoms with van der Waals surface area (Å²) < 4.78 is 48.3. The third-order valence-corrected chi connectivity index (χ3v) is 9.12. The topological polar surface area (TPSA) is 106 Å². The van der Waals surface area contributed by atoms with Crippen LogP contribution in [0.1, 0.15) is 16.2 Å². The number of pyridine rings is 2. The van der Waals surface area contributed by atoms with Crippen LogP contribution in [0.15, 0.2) is 121 Å². The van der Waals surface area contributed by atoms with Gasteiger partial charge in [0.2, 0.25) is 0 Å². The van der Waals surface area contributed by atoms with Gasteiger partial charge in [0.05, 0.1) is 37.8 Å². The van der Waals surface area contributed by atoms with Gasteiger partial charge < -0.3 is 33.9 Å². The van der Waals surface area contributed by atoms with E-state index in [1.165, 1.54) is 30.0 Å². The van der Waals surface area contributed by atoms with Gasteiger partial charge in [-0.15, -0.1) is 0 Å². The molecule has 0 spiro atoms. The quantitative estimate of drug-likeness (QED) is 0.154. The molecule has 10 nitrogen and oxygen atoms in total. The minimum atomic E-state index is -1.07. The number of morpholine rings is 2. The van der Waals surface area contributed by atoms with Crippen LogP contribution in [0.3, 0.4) is 0 Å². The number of ether oxygens (including phenoxy) is 4. The molecule has 4 aromatic carbocycles. The molecule has 0 radical (unpaired) electrons. The summed E-state index contributed by atoms with van der Waals surface area (Å²) in [6.07, 6.45) is 0. The number of aromatic carboxylic acids is 1. The highest BCUT2D eigenvalue weighted by atomic mass is 19.1. The second-order valence-corrected chi connectivity index (χ2v) is 13.1. The summed E-state index contributed by atoms with van der Waals surface area (Å²) in [5, 5.41) is 9.45. The van der Waals surface area contributed by atoms with Crippen LogP contribution in [0.5, 0.6) is 23.0 Å². The number of benzene rings is 4. The molecule has 12 heteroatoms. The van der Waals surface area contributed by atoms with Crippen molar-refractivity contribution in [2.75, 3.05) is 62.4 Å². The molecule has 0 saturated carbocycles. The molecule has 6 aromatic rings. The molecular weight excluding hydrogens is 719 g/mol. The van der Waals surface area contributed by atoms with Gasteiger partial charge in [-0.2, -0.15) is 0 Å². The van der Waals surface area contributed by atoms with Crippen molar-refractivity contribution in [3.8, 4) is 45.5 Å². The van der Waals surface area contributed by atoms with E-state index in [1.54, 1.807) is 42.5 Å². The minimum absolute atomic E-state index is 0.00405. The molecule has 4 heterocycles. The molecule has 0 bridgehead atoms. The van der Waals surface area contributed by atoms with Gasteiger partial charge in [-0.3, -0.25) is 4.98 Å². The highest BCUT2D eigenvalue weighted by Gasteiger charge is 2.17. The number of carboxylic acids is 1. The molecule has 2 aromatic heterocycles. The van der Waals surface area contributed by atoms with E-state index in [2.05, 4.69) is 31.9 Å². The monoisotopic (exact) mass is 758 g/mol. The van der Waals surface area contributed by atoms with Gasteiger partial charge >= 0.3 is 5.97 Å². The number of aryl methyl sites for hydroxylation is 1. The Hall–Kier alpha value is -6.37. The lowest BCUT2D eigenvalue weighted by molar-refractivity contribution is 0.0690. The lowest BCUT2D eigenvalue weighted by Crippen LogP contribution is -2.36. The second kappa shape index (κ2) is 17.8. The van der Waals surface area contributed by atoms with Gasteiger partial charge in [-0.25, -0.2) is 18.6 Å². The molecule has 0 aliphatic carbocycles. The average Bonchev–Trinajstić information content (AvgIpc) is 3.23. The SMILES string of the molecule is Cc1cc(N2CCOCC2)cc(-c2ccc(Oc3ccc(F)cc3)cc2)n1.O=C(O)c1cc(N2CCOCC2)cc(-c2ccc(Oc3ccc(F)cc3)cc2)n1. The van der Waals surface area contributed by atoms with E-state index >= 15 is 0 Å². The maximum atomic E-state index is 13.0. The van der Waals surface area contributed by atoms with Gasteiger partial charge in [0.1, 0.15) is 34.6 Å². The molecule has 2 aliphatic heterocycles. The van der Waals surface area contributed by atoms with Crippen LogP contribution in [-0.4, -0.2) is 73.7 Å². The summed E-state index contributed by atoms with van der Waals surface area (Å²) in [4.78, 5) is 24.9. The molecule has 0 unspecified atom stereocenters. The zero-order valence-electron chi connectivity index (χ0n) is 30.7. The standard InChI is InChI=1S/C22H19FN2O4.C22H21FN2O2/c23-16-3-7-19(8-4-16)29-18-5-1-15(2-6-18)20-13-17(14-21(24-20)22(26)27)25-9-11-28-12-10-25;1-16-14-19(25-10-12-26-13-11-25)15-22(24-16)17-2-6-20(7-3-17)27-21-8-4-18(23)5-9-21/h1-8,13-14H,9-12H2,(H,26,27);2-9,14-15H,10-13H2,1H3. The van der Waals surface area contributed by atoms with Gasteiger partial charge in [-0.05, 0) is 128 Å². The number of rotatable bonds is 9. The van der Waals surface area contributed by atoms with Gasteiger partial charge in [0.15, 0.2) is 5.69 Å². The Morgan fingerprint density at radius 1 is 0.571 bits per heavy atom. The van der Waals surface area contributed by atoms with Crippen molar-refractivity contribution >= 4 is 17.3 Å². The van der Waals surface area contributed by atoms with Crippen molar-refractivity contribution in [1.82, 2.24) is 9.97 Å². The fraction of sp³-hybridized carbons (Fsp3) is 0.205. The second-order valence-electron chi connectivity index (χ2n) is 13.1. The minimum Gasteiger partial charge on any atom is -0.477 e. The molecule has 1 N–H and O–H groups in total. The van der Waals surface area contributed by atoms with Crippen molar-refractivity contribution in [2.24, 2.45) is 0 Å². The molecule has 2 saturated heterocycles. The Bertz CT molecular complexity index is 2230. The number of aromatic nitrogens is 2. The van der Waals surface area contributed by atoms with Crippen LogP contribution in [0, 0.1) is 18.6 Å². The third kappa shape index (κ3) is 10.0. The highest BCUT2D eigenvalue weighted by molar-refractivity contribution is 5.88. The van der Waals surface area contributed by atoms with E-state index in [0.29, 0.717) is 55.0 Å². The van der Waals surface area contributed by atoms with Crippen molar-refractivity contribution in [1.29, 1.82) is 0 Å². The highest BCUT2D eigenvalue weighted by Crippen LogP contribution is 2.30. The summed E-state index contributed by atoms with van der Waals surface area (Å²) in [5.41, 5.74) is 6.27. The Kier molecular flexibility index (Phi) is 12.1. The fourth-order valence-electron chi connectivity index (χ4n) is 6.24. The van der Waals surface area contributed by atoms with E-state index < -0.39 is 5.97 Å². The predicted molar refractivity (Wildman–Crippen MR) is 210 cm³/mol. The number of hydrogen-bond acceptors (Lipinski definition) is 9. The first-order valence-electron chi connectivity index (χ1n) is 18.2. The van der Waals surface area contributed by atoms with Crippen LogP contribution in [0.25, 0.3) is 22.5 Å². The average molecular weight is 759 g/mol. The summed E-state index contributed by atoms with van der Waals surface area (Å²) in [7, 11) is 0. The van der Waals surface area contributed by atoms with Crippen molar-refractivity contribution in [2.45, 2.75) is 6.92 Å². The normalized spacial score (nSPS) is 14.1. The lowest BCUT2D eigenvalue weighted by Gasteiger charge is -2.29. The van der Waals surface area contributed by atoms with Gasteiger partial charge in [0, 0.05) is 54.4 Å². The molecule has 2 fully saturated rings. The molecule has 286 valence electrons. The molecule has 0 atom stereocenters. The summed E-state index contributed by atoms with van der Waals surface area (Å²) in [5.74, 6) is 0.742. The number of halogens is 2. The summed E-state index contributed by atoms with van der Waals surface area (Å²) in [6.45, 7) is 7.93. The van der Waals surface area contributed by atoms with Crippen molar-refractivity contribution in [3.05, 3.63) is 144 Å². The number of carboxylic acid groups (broad SMARTS) is 1. The Morgan fingerprint density at radius 3 is 1.36 bits per heavy atom. The summed E-state index contributed by atoms with van der Waals surface area (Å²) in [6, 6.07) is 34.4. The zero-order chi connectivity index (χ0) is 38.9. The Morgan fingerprint density at radius 2 is 0.946 bits per heavy atom. The van der Waals surface area contributed by atoms with E-state index in [1.807, 2.05) is 49.4 Å². The third-order valence-electron chi connectivity index (χ3n) is 9.12. The number of hydrogen-bond donors (Lipinski definition) is 1. The van der Waals surface area contributed by atoms with Gasteiger partial charge in [0.25, 0.3) is 0 Å². The smallest absolute Gasteiger partial charge is 0.354 e.